The van der Waals surface area contributed by atoms with Gasteiger partial charge < -0.3 is 11.1 Å². The summed E-state index contributed by atoms with van der Waals surface area (Å²) in [5.74, 6) is -0.00503. The minimum absolute atomic E-state index is 0.00503. The molecule has 0 radical (unpaired) electrons. The van der Waals surface area contributed by atoms with E-state index in [1.54, 1.807) is 0 Å². The molecule has 3 N–H and O–H groups in total. The minimum atomic E-state index is -0.462. The molecule has 0 heterocycles. The van der Waals surface area contributed by atoms with Crippen LogP contribution in [0.4, 0.5) is 0 Å². The highest BCUT2D eigenvalue weighted by Gasteiger charge is 2.18. The van der Waals surface area contributed by atoms with E-state index in [1.807, 2.05) is 20.8 Å². The largest absolute Gasteiger partial charge is 0.350 e. The second kappa shape index (κ2) is 6.01. The van der Waals surface area contributed by atoms with Crippen LogP contribution < -0.4 is 11.1 Å². The Morgan fingerprint density at radius 1 is 1.33 bits per heavy atom. The van der Waals surface area contributed by atoms with Gasteiger partial charge in [0.1, 0.15) is 0 Å². The molecule has 1 unspecified atom stereocenters. The van der Waals surface area contributed by atoms with Crippen LogP contribution in [0.15, 0.2) is 24.3 Å². The Kier molecular flexibility index (Phi) is 4.91. The van der Waals surface area contributed by atoms with Crippen molar-refractivity contribution < 1.29 is 4.79 Å². The van der Waals surface area contributed by atoms with Crippen molar-refractivity contribution in [3.8, 4) is 0 Å². The van der Waals surface area contributed by atoms with Gasteiger partial charge >= 0.3 is 0 Å². The molecular formula is C15H24N2O. The molecule has 3 nitrogen and oxygen atoms in total. The van der Waals surface area contributed by atoms with E-state index in [0.717, 1.165) is 12.0 Å². The lowest BCUT2D eigenvalue weighted by Gasteiger charge is -2.20. The maximum Gasteiger partial charge on any atom is 0.222 e. The predicted molar refractivity (Wildman–Crippen MR) is 75.3 cm³/mol. The molecule has 0 aliphatic heterocycles. The van der Waals surface area contributed by atoms with Gasteiger partial charge in [-0.3, -0.25) is 4.79 Å². The van der Waals surface area contributed by atoms with Gasteiger partial charge in [0, 0.05) is 12.0 Å². The van der Waals surface area contributed by atoms with E-state index in [9.17, 15) is 4.79 Å². The van der Waals surface area contributed by atoms with Gasteiger partial charge in [-0.1, -0.05) is 31.2 Å². The molecule has 1 aromatic rings. The summed E-state index contributed by atoms with van der Waals surface area (Å²) in [6, 6.07) is 8.36. The monoisotopic (exact) mass is 248 g/mol. The van der Waals surface area contributed by atoms with E-state index in [4.69, 9.17) is 5.73 Å². The Morgan fingerprint density at radius 3 is 2.33 bits per heavy atom. The third-order valence-corrected chi connectivity index (χ3v) is 2.88. The van der Waals surface area contributed by atoms with Crippen LogP contribution in [-0.4, -0.2) is 11.4 Å². The number of nitrogens with one attached hydrogen (secondary N) is 1. The summed E-state index contributed by atoms with van der Waals surface area (Å²) in [6.07, 6.45) is 1.37. The Morgan fingerprint density at radius 2 is 1.89 bits per heavy atom. The fourth-order valence-corrected chi connectivity index (χ4v) is 1.83. The molecule has 0 fully saturated rings. The number of carbonyl (C=O) groups is 1. The van der Waals surface area contributed by atoms with Crippen molar-refractivity contribution in [1.82, 2.24) is 5.32 Å². The highest BCUT2D eigenvalue weighted by Crippen LogP contribution is 2.14. The molecule has 3 heteroatoms. The van der Waals surface area contributed by atoms with Gasteiger partial charge in [0.15, 0.2) is 0 Å². The van der Waals surface area contributed by atoms with Gasteiger partial charge in [-0.25, -0.2) is 0 Å². The third-order valence-electron chi connectivity index (χ3n) is 2.88. The zero-order valence-corrected chi connectivity index (χ0v) is 11.8. The van der Waals surface area contributed by atoms with Crippen LogP contribution in [0.5, 0.6) is 0 Å². The standard InChI is InChI=1S/C15H24N2O/c1-5-12-6-8-13(9-7-12)11(2)17-14(18)10-15(3,4)16/h6-9,11H,5,10,16H2,1-4H3,(H,17,18). The molecule has 1 rings (SSSR count). The molecule has 0 saturated heterocycles. The number of nitrogens with two attached hydrogens (primary N) is 1. The van der Waals surface area contributed by atoms with E-state index in [-0.39, 0.29) is 11.9 Å². The number of aryl methyl sites for hydroxylation is 1. The molecule has 100 valence electrons. The van der Waals surface area contributed by atoms with E-state index in [2.05, 4.69) is 36.5 Å². The zero-order valence-electron chi connectivity index (χ0n) is 11.8. The maximum absolute atomic E-state index is 11.8. The van der Waals surface area contributed by atoms with E-state index < -0.39 is 5.54 Å². The SMILES string of the molecule is CCc1ccc(C(C)NC(=O)CC(C)(C)N)cc1. The third kappa shape index (κ3) is 4.88. The normalized spacial score (nSPS) is 13.2. The van der Waals surface area contributed by atoms with Crippen molar-refractivity contribution in [3.63, 3.8) is 0 Å². The molecule has 1 atom stereocenters. The Balaban J connectivity index is 2.59. The Labute approximate surface area is 110 Å². The van der Waals surface area contributed by atoms with Crippen LogP contribution in [0.2, 0.25) is 0 Å². The van der Waals surface area contributed by atoms with Crippen molar-refractivity contribution in [1.29, 1.82) is 0 Å². The molecule has 0 aromatic heterocycles. The van der Waals surface area contributed by atoms with Gasteiger partial charge in [0.2, 0.25) is 5.91 Å². The van der Waals surface area contributed by atoms with Gasteiger partial charge in [-0.2, -0.15) is 0 Å². The first-order chi connectivity index (χ1) is 8.31. The summed E-state index contributed by atoms with van der Waals surface area (Å²) >= 11 is 0. The fourth-order valence-electron chi connectivity index (χ4n) is 1.83. The lowest BCUT2D eigenvalue weighted by Crippen LogP contribution is -2.39. The number of hydrogen-bond acceptors (Lipinski definition) is 2. The summed E-state index contributed by atoms with van der Waals surface area (Å²) in [5.41, 5.74) is 7.79. The average Bonchev–Trinajstić information content (AvgIpc) is 2.26. The first-order valence-corrected chi connectivity index (χ1v) is 6.49. The number of carbonyl (C=O) groups excluding carboxylic acids is 1. The topological polar surface area (TPSA) is 55.1 Å². The molecule has 0 bridgehead atoms. The molecule has 0 saturated carbocycles. The summed E-state index contributed by atoms with van der Waals surface area (Å²) in [4.78, 5) is 11.8. The number of benzene rings is 1. The number of rotatable bonds is 5. The second-order valence-corrected chi connectivity index (χ2v) is 5.55. The van der Waals surface area contributed by atoms with Crippen LogP contribution in [-0.2, 0) is 11.2 Å². The van der Waals surface area contributed by atoms with Crippen molar-refractivity contribution in [2.45, 2.75) is 52.1 Å². The van der Waals surface area contributed by atoms with Crippen LogP contribution in [0.1, 0.15) is 51.3 Å². The first-order valence-electron chi connectivity index (χ1n) is 6.49. The molecule has 18 heavy (non-hydrogen) atoms. The van der Waals surface area contributed by atoms with Crippen molar-refractivity contribution in [2.24, 2.45) is 5.73 Å². The van der Waals surface area contributed by atoms with Gasteiger partial charge in [-0.05, 0) is 38.3 Å². The Bertz CT molecular complexity index is 390. The van der Waals surface area contributed by atoms with Gasteiger partial charge in [-0.15, -0.1) is 0 Å². The highest BCUT2D eigenvalue weighted by atomic mass is 16.1. The molecule has 1 aromatic carbocycles. The minimum Gasteiger partial charge on any atom is -0.350 e. The smallest absolute Gasteiger partial charge is 0.222 e. The highest BCUT2D eigenvalue weighted by molar-refractivity contribution is 5.77. The van der Waals surface area contributed by atoms with Crippen molar-refractivity contribution in [2.75, 3.05) is 0 Å². The van der Waals surface area contributed by atoms with Gasteiger partial charge in [0.05, 0.1) is 6.04 Å². The summed E-state index contributed by atoms with van der Waals surface area (Å²) in [5, 5.41) is 2.97. The van der Waals surface area contributed by atoms with Crippen LogP contribution in [0.3, 0.4) is 0 Å². The molecule has 0 aliphatic rings. The summed E-state index contributed by atoms with van der Waals surface area (Å²) in [7, 11) is 0. The molecular weight excluding hydrogens is 224 g/mol. The second-order valence-electron chi connectivity index (χ2n) is 5.55. The van der Waals surface area contributed by atoms with Crippen LogP contribution in [0.25, 0.3) is 0 Å². The maximum atomic E-state index is 11.8. The molecule has 0 aliphatic carbocycles. The average molecular weight is 248 g/mol. The number of amides is 1. The van der Waals surface area contributed by atoms with E-state index in [0.29, 0.717) is 6.42 Å². The zero-order chi connectivity index (χ0) is 13.8. The fraction of sp³-hybridized carbons (Fsp3) is 0.533. The quantitative estimate of drug-likeness (QED) is 0.841. The predicted octanol–water partition coefficient (Wildman–Crippen LogP) is 2.55. The summed E-state index contributed by atoms with van der Waals surface area (Å²) in [6.45, 7) is 7.83. The molecule has 0 spiro atoms. The van der Waals surface area contributed by atoms with E-state index in [1.165, 1.54) is 5.56 Å². The Hall–Kier alpha value is -1.35. The van der Waals surface area contributed by atoms with E-state index >= 15 is 0 Å². The molecule has 1 amide bonds. The lowest BCUT2D eigenvalue weighted by molar-refractivity contribution is -0.122. The lowest BCUT2D eigenvalue weighted by atomic mass is 10.0. The first kappa shape index (κ1) is 14.7. The van der Waals surface area contributed by atoms with Crippen molar-refractivity contribution in [3.05, 3.63) is 35.4 Å². The van der Waals surface area contributed by atoms with Crippen molar-refractivity contribution >= 4 is 5.91 Å². The summed E-state index contributed by atoms with van der Waals surface area (Å²) < 4.78 is 0. The van der Waals surface area contributed by atoms with Gasteiger partial charge in [0.25, 0.3) is 0 Å². The van der Waals surface area contributed by atoms with Crippen LogP contribution >= 0.6 is 0 Å². The van der Waals surface area contributed by atoms with Crippen LogP contribution in [0, 0.1) is 0 Å². The number of hydrogen-bond donors (Lipinski definition) is 2.